The van der Waals surface area contributed by atoms with Crippen molar-refractivity contribution < 1.29 is 0 Å². The molecule has 0 aliphatic carbocycles. The Morgan fingerprint density at radius 2 is 2.33 bits per heavy atom. The summed E-state index contributed by atoms with van der Waals surface area (Å²) in [6.07, 6.45) is 4.07. The lowest BCUT2D eigenvalue weighted by Crippen LogP contribution is -2.45. The van der Waals surface area contributed by atoms with Gasteiger partial charge in [0.1, 0.15) is 0 Å². The first-order valence-electron chi connectivity index (χ1n) is 6.92. The van der Waals surface area contributed by atoms with Crippen LogP contribution in [0.1, 0.15) is 31.9 Å². The Morgan fingerprint density at radius 3 is 3.00 bits per heavy atom. The summed E-state index contributed by atoms with van der Waals surface area (Å²) in [6.45, 7) is 5.84. The van der Waals surface area contributed by atoms with Gasteiger partial charge in [-0.25, -0.2) is 4.98 Å². The molecule has 0 N–H and O–H groups in total. The number of nitrogens with zero attached hydrogens (tertiary/aromatic N) is 3. The van der Waals surface area contributed by atoms with Gasteiger partial charge < -0.3 is 4.90 Å². The summed E-state index contributed by atoms with van der Waals surface area (Å²) in [5.74, 6) is 0.735. The number of aromatic nitrogens is 1. The van der Waals surface area contributed by atoms with Crippen molar-refractivity contribution in [2.45, 2.75) is 38.8 Å². The molecule has 0 bridgehead atoms. The van der Waals surface area contributed by atoms with Crippen LogP contribution < -0.4 is 0 Å². The minimum absolute atomic E-state index is 0.725. The van der Waals surface area contributed by atoms with E-state index in [-0.39, 0.29) is 0 Å². The topological polar surface area (TPSA) is 19.4 Å². The first kappa shape index (κ1) is 14.0. The van der Waals surface area contributed by atoms with Crippen LogP contribution in [0.25, 0.3) is 0 Å². The van der Waals surface area contributed by atoms with Gasteiger partial charge in [-0.1, -0.05) is 13.3 Å². The summed E-state index contributed by atoms with van der Waals surface area (Å²) in [5, 5.41) is 2.18. The van der Waals surface area contributed by atoms with Crippen molar-refractivity contribution in [3.8, 4) is 0 Å². The van der Waals surface area contributed by atoms with Crippen LogP contribution in [-0.2, 0) is 6.54 Å². The van der Waals surface area contributed by atoms with Gasteiger partial charge in [0, 0.05) is 24.5 Å². The summed E-state index contributed by atoms with van der Waals surface area (Å²) in [6, 6.07) is 0.725. The highest BCUT2D eigenvalue weighted by atomic mass is 32.1. The van der Waals surface area contributed by atoms with Crippen LogP contribution in [0.15, 0.2) is 10.9 Å². The minimum atomic E-state index is 0.725. The van der Waals surface area contributed by atoms with E-state index < -0.39 is 0 Å². The SMILES string of the molecule is CC(CN(C)C)C1CCCCN1Cc1cscn1. The van der Waals surface area contributed by atoms with Crippen LogP contribution in [0.2, 0.25) is 0 Å². The van der Waals surface area contributed by atoms with Gasteiger partial charge in [0.15, 0.2) is 0 Å². The molecular weight excluding hydrogens is 242 g/mol. The van der Waals surface area contributed by atoms with Crippen molar-refractivity contribution in [1.82, 2.24) is 14.8 Å². The van der Waals surface area contributed by atoms with Crippen LogP contribution in [0.5, 0.6) is 0 Å². The molecule has 1 aromatic rings. The number of piperidine rings is 1. The molecule has 102 valence electrons. The third-order valence-corrected chi connectivity index (χ3v) is 4.46. The maximum absolute atomic E-state index is 4.43. The van der Waals surface area contributed by atoms with E-state index in [9.17, 15) is 0 Å². The summed E-state index contributed by atoms with van der Waals surface area (Å²) in [5.41, 5.74) is 3.18. The van der Waals surface area contributed by atoms with Crippen molar-refractivity contribution in [2.75, 3.05) is 27.2 Å². The Kier molecular flexibility index (Phi) is 5.15. The number of thiazole rings is 1. The zero-order chi connectivity index (χ0) is 13.0. The lowest BCUT2D eigenvalue weighted by molar-refractivity contribution is 0.0854. The third-order valence-electron chi connectivity index (χ3n) is 3.82. The lowest BCUT2D eigenvalue weighted by Gasteiger charge is -2.39. The molecule has 1 saturated heterocycles. The van der Waals surface area contributed by atoms with Gasteiger partial charge in [-0.05, 0) is 39.4 Å². The molecule has 0 amide bonds. The van der Waals surface area contributed by atoms with E-state index in [1.807, 2.05) is 5.51 Å². The molecule has 1 aliphatic heterocycles. The molecule has 0 spiro atoms. The Hall–Kier alpha value is -0.450. The van der Waals surface area contributed by atoms with E-state index in [0.29, 0.717) is 0 Å². The normalized spacial score (nSPS) is 23.4. The van der Waals surface area contributed by atoms with Crippen LogP contribution in [0.4, 0.5) is 0 Å². The average Bonchev–Trinajstić information content (AvgIpc) is 2.81. The maximum Gasteiger partial charge on any atom is 0.0795 e. The van der Waals surface area contributed by atoms with Gasteiger partial charge in [0.2, 0.25) is 0 Å². The number of hydrogen-bond acceptors (Lipinski definition) is 4. The molecule has 1 fully saturated rings. The monoisotopic (exact) mass is 267 g/mol. The standard InChI is InChI=1S/C14H25N3S/c1-12(8-16(2)3)14-6-4-5-7-17(14)9-13-10-18-11-15-13/h10-12,14H,4-9H2,1-3H3. The highest BCUT2D eigenvalue weighted by Crippen LogP contribution is 2.25. The van der Waals surface area contributed by atoms with Crippen molar-refractivity contribution in [1.29, 1.82) is 0 Å². The van der Waals surface area contributed by atoms with Crippen molar-refractivity contribution in [3.63, 3.8) is 0 Å². The molecule has 1 aromatic heterocycles. The summed E-state index contributed by atoms with van der Waals surface area (Å²) in [4.78, 5) is 9.38. The first-order chi connectivity index (χ1) is 8.66. The molecule has 2 atom stereocenters. The van der Waals surface area contributed by atoms with Crippen molar-refractivity contribution >= 4 is 11.3 Å². The highest BCUT2D eigenvalue weighted by molar-refractivity contribution is 7.07. The van der Waals surface area contributed by atoms with Gasteiger partial charge in [-0.2, -0.15) is 0 Å². The van der Waals surface area contributed by atoms with Gasteiger partial charge in [-0.3, -0.25) is 4.90 Å². The first-order valence-corrected chi connectivity index (χ1v) is 7.87. The molecule has 1 aliphatic rings. The van der Waals surface area contributed by atoms with E-state index in [2.05, 4.69) is 41.2 Å². The Bertz CT molecular complexity index is 337. The fraction of sp³-hybridized carbons (Fsp3) is 0.786. The second-order valence-corrected chi connectivity index (χ2v) is 6.47. The van der Waals surface area contributed by atoms with Gasteiger partial charge in [-0.15, -0.1) is 11.3 Å². The fourth-order valence-corrected chi connectivity index (χ4v) is 3.63. The average molecular weight is 267 g/mol. The zero-order valence-electron chi connectivity index (χ0n) is 11.8. The molecule has 2 heterocycles. The minimum Gasteiger partial charge on any atom is -0.309 e. The van der Waals surface area contributed by atoms with Crippen LogP contribution in [-0.4, -0.2) is 48.0 Å². The molecule has 18 heavy (non-hydrogen) atoms. The molecule has 0 aromatic carbocycles. The predicted octanol–water partition coefficient (Wildman–Crippen LogP) is 2.70. The number of rotatable bonds is 5. The van der Waals surface area contributed by atoms with Crippen LogP contribution >= 0.6 is 11.3 Å². The van der Waals surface area contributed by atoms with Crippen LogP contribution in [0, 0.1) is 5.92 Å². The zero-order valence-corrected chi connectivity index (χ0v) is 12.6. The van der Waals surface area contributed by atoms with E-state index in [1.54, 1.807) is 11.3 Å². The Labute approximate surface area is 115 Å². The molecule has 2 unspecified atom stereocenters. The second kappa shape index (κ2) is 6.64. The fourth-order valence-electron chi connectivity index (χ4n) is 3.08. The predicted molar refractivity (Wildman–Crippen MR) is 77.9 cm³/mol. The molecule has 2 rings (SSSR count). The Morgan fingerprint density at radius 1 is 1.50 bits per heavy atom. The summed E-state index contributed by atoms with van der Waals surface area (Å²) < 4.78 is 0. The molecule has 3 nitrogen and oxygen atoms in total. The molecular formula is C14H25N3S. The van der Waals surface area contributed by atoms with E-state index >= 15 is 0 Å². The quantitative estimate of drug-likeness (QED) is 0.817. The van der Waals surface area contributed by atoms with Gasteiger partial charge in [0.05, 0.1) is 11.2 Å². The summed E-state index contributed by atoms with van der Waals surface area (Å²) in [7, 11) is 4.34. The number of hydrogen-bond donors (Lipinski definition) is 0. The highest BCUT2D eigenvalue weighted by Gasteiger charge is 2.27. The molecule has 0 saturated carbocycles. The second-order valence-electron chi connectivity index (χ2n) is 5.75. The van der Waals surface area contributed by atoms with Crippen molar-refractivity contribution in [2.24, 2.45) is 5.92 Å². The van der Waals surface area contributed by atoms with Crippen molar-refractivity contribution in [3.05, 3.63) is 16.6 Å². The smallest absolute Gasteiger partial charge is 0.0795 e. The van der Waals surface area contributed by atoms with Crippen LogP contribution in [0.3, 0.4) is 0 Å². The largest absolute Gasteiger partial charge is 0.309 e. The molecule has 4 heteroatoms. The van der Waals surface area contributed by atoms with E-state index in [4.69, 9.17) is 0 Å². The summed E-state index contributed by atoms with van der Waals surface area (Å²) >= 11 is 1.70. The molecule has 0 radical (unpaired) electrons. The Balaban J connectivity index is 1.96. The van der Waals surface area contributed by atoms with E-state index in [1.165, 1.54) is 38.0 Å². The van der Waals surface area contributed by atoms with E-state index in [0.717, 1.165) is 18.5 Å². The van der Waals surface area contributed by atoms with Gasteiger partial charge >= 0.3 is 0 Å². The number of likely N-dealkylation sites (tertiary alicyclic amines) is 1. The lowest BCUT2D eigenvalue weighted by atomic mass is 9.91. The third kappa shape index (κ3) is 3.77. The maximum atomic E-state index is 4.43. The van der Waals surface area contributed by atoms with Gasteiger partial charge in [0.25, 0.3) is 0 Å².